The summed E-state index contributed by atoms with van der Waals surface area (Å²) in [6.45, 7) is 8.58. The van der Waals surface area contributed by atoms with Crippen molar-refractivity contribution < 1.29 is 4.79 Å². The smallest absolute Gasteiger partial charge is 0.316 e. The number of carbonyl (C=O) groups excluding carboxylic acids is 1. The summed E-state index contributed by atoms with van der Waals surface area (Å²) in [5.41, 5.74) is 11.9. The van der Waals surface area contributed by atoms with Crippen molar-refractivity contribution in [2.75, 3.05) is 11.9 Å². The highest BCUT2D eigenvalue weighted by atomic mass is 16.2. The lowest BCUT2D eigenvalue weighted by molar-refractivity contribution is 0.0944. The highest BCUT2D eigenvalue weighted by molar-refractivity contribution is 5.72. The predicted octanol–water partition coefficient (Wildman–Crippen LogP) is 3.79. The predicted molar refractivity (Wildman–Crippen MR) is 127 cm³/mol. The Morgan fingerprint density at radius 2 is 2.03 bits per heavy atom. The molecular weight excluding hydrogens is 416 g/mol. The molecule has 9 nitrogen and oxygen atoms in total. The molecule has 172 valence electrons. The number of carbonyl (C=O) groups is 1. The maximum absolute atomic E-state index is 11.8. The van der Waals surface area contributed by atoms with E-state index in [0.717, 1.165) is 55.0 Å². The minimum absolute atomic E-state index is 0.0843. The maximum atomic E-state index is 11.8. The molecular formula is C24H30N8O. The van der Waals surface area contributed by atoms with Crippen molar-refractivity contribution in [2.45, 2.75) is 58.9 Å². The molecule has 0 spiro atoms. The molecule has 1 fully saturated rings. The number of urea groups is 1. The van der Waals surface area contributed by atoms with Gasteiger partial charge in [-0.3, -0.25) is 9.58 Å². The third-order valence-corrected chi connectivity index (χ3v) is 6.51. The molecule has 3 aromatic rings. The number of primary amides is 1. The molecule has 2 amide bonds. The standard InChI is InChI=1S/C24H30N8O/c1-15(2)32-14-19(11-27-32)22-16(3)10-26-24(29-22)28-20-7-6-17-12-30(13-18(17)9-20)21-5-4-8-31(21)23(25)33/h6-7,9-11,14-15,21H,4-5,8,12-13H2,1-3H3,(H2,25,33)(H,26,28,29). The number of hydrogen-bond acceptors (Lipinski definition) is 6. The number of amides is 2. The largest absolute Gasteiger partial charge is 0.351 e. The molecule has 0 aliphatic carbocycles. The Labute approximate surface area is 193 Å². The summed E-state index contributed by atoms with van der Waals surface area (Å²) in [7, 11) is 0. The van der Waals surface area contributed by atoms with Gasteiger partial charge in [0.2, 0.25) is 5.95 Å². The highest BCUT2D eigenvalue weighted by Gasteiger charge is 2.35. The van der Waals surface area contributed by atoms with Gasteiger partial charge in [-0.25, -0.2) is 14.8 Å². The normalized spacial score (nSPS) is 18.2. The lowest BCUT2D eigenvalue weighted by atomic mass is 10.1. The Morgan fingerprint density at radius 3 is 2.79 bits per heavy atom. The number of nitrogens with zero attached hydrogens (tertiary/aromatic N) is 6. The molecule has 0 saturated carbocycles. The monoisotopic (exact) mass is 446 g/mol. The Morgan fingerprint density at radius 1 is 1.21 bits per heavy atom. The van der Waals surface area contributed by atoms with E-state index in [9.17, 15) is 4.79 Å². The number of aromatic nitrogens is 4. The van der Waals surface area contributed by atoms with Gasteiger partial charge in [0.05, 0.1) is 18.1 Å². The van der Waals surface area contributed by atoms with E-state index in [-0.39, 0.29) is 12.2 Å². The lowest BCUT2D eigenvalue weighted by Gasteiger charge is -2.30. The zero-order chi connectivity index (χ0) is 23.1. The first kappa shape index (κ1) is 21.4. The van der Waals surface area contributed by atoms with Crippen LogP contribution in [-0.2, 0) is 13.1 Å². The van der Waals surface area contributed by atoms with Crippen LogP contribution in [0.15, 0.2) is 36.8 Å². The van der Waals surface area contributed by atoms with Crippen LogP contribution in [0.4, 0.5) is 16.4 Å². The third-order valence-electron chi connectivity index (χ3n) is 6.51. The SMILES string of the molecule is Cc1cnc(Nc2ccc3c(c2)CN(C2CCCN2C(N)=O)C3)nc1-c1cnn(C(C)C)c1. The molecule has 1 atom stereocenters. The summed E-state index contributed by atoms with van der Waals surface area (Å²) in [4.78, 5) is 25.1. The molecule has 0 radical (unpaired) electrons. The van der Waals surface area contributed by atoms with Gasteiger partial charge in [-0.15, -0.1) is 0 Å². The first-order chi connectivity index (χ1) is 15.9. The Bertz CT molecular complexity index is 1190. The number of rotatable bonds is 5. The van der Waals surface area contributed by atoms with E-state index >= 15 is 0 Å². The topological polar surface area (TPSA) is 105 Å². The Hall–Kier alpha value is -3.46. The van der Waals surface area contributed by atoms with E-state index in [1.54, 1.807) is 4.90 Å². The fourth-order valence-electron chi connectivity index (χ4n) is 4.76. The van der Waals surface area contributed by atoms with Crippen molar-refractivity contribution in [1.29, 1.82) is 0 Å². The van der Waals surface area contributed by atoms with Crippen LogP contribution in [-0.4, -0.2) is 48.3 Å². The van der Waals surface area contributed by atoms with E-state index in [1.165, 1.54) is 11.1 Å². The van der Waals surface area contributed by atoms with Crippen LogP contribution in [0.1, 0.15) is 49.4 Å². The molecule has 0 bridgehead atoms. The van der Waals surface area contributed by atoms with Crippen molar-refractivity contribution in [3.63, 3.8) is 0 Å². The van der Waals surface area contributed by atoms with Crippen LogP contribution in [0.5, 0.6) is 0 Å². The van der Waals surface area contributed by atoms with Gasteiger partial charge in [-0.05, 0) is 62.4 Å². The van der Waals surface area contributed by atoms with Crippen LogP contribution in [0.3, 0.4) is 0 Å². The van der Waals surface area contributed by atoms with Gasteiger partial charge in [0.25, 0.3) is 0 Å². The number of aryl methyl sites for hydroxylation is 1. The number of benzene rings is 1. The van der Waals surface area contributed by atoms with Crippen LogP contribution in [0, 0.1) is 6.92 Å². The minimum Gasteiger partial charge on any atom is -0.351 e. The molecule has 2 aliphatic heterocycles. The van der Waals surface area contributed by atoms with E-state index in [2.05, 4.69) is 52.3 Å². The first-order valence-electron chi connectivity index (χ1n) is 11.5. The highest BCUT2D eigenvalue weighted by Crippen LogP contribution is 2.32. The van der Waals surface area contributed by atoms with Crippen molar-refractivity contribution in [3.05, 3.63) is 53.5 Å². The maximum Gasteiger partial charge on any atom is 0.316 e. The average Bonchev–Trinajstić information content (AvgIpc) is 3.53. The fourth-order valence-corrected chi connectivity index (χ4v) is 4.76. The van der Waals surface area contributed by atoms with Gasteiger partial charge >= 0.3 is 6.03 Å². The molecule has 4 heterocycles. The summed E-state index contributed by atoms with van der Waals surface area (Å²) < 4.78 is 1.93. The molecule has 9 heteroatoms. The van der Waals surface area contributed by atoms with E-state index in [0.29, 0.717) is 12.0 Å². The molecule has 1 unspecified atom stereocenters. The molecule has 2 aromatic heterocycles. The van der Waals surface area contributed by atoms with Crippen LogP contribution in [0.2, 0.25) is 0 Å². The third kappa shape index (κ3) is 4.16. The van der Waals surface area contributed by atoms with Gasteiger partial charge in [0.15, 0.2) is 0 Å². The van der Waals surface area contributed by atoms with Crippen molar-refractivity contribution in [1.82, 2.24) is 29.5 Å². The summed E-state index contributed by atoms with van der Waals surface area (Å²) in [6, 6.07) is 6.32. The molecule has 2 aliphatic rings. The average molecular weight is 447 g/mol. The van der Waals surface area contributed by atoms with Crippen molar-refractivity contribution in [2.24, 2.45) is 5.73 Å². The zero-order valence-electron chi connectivity index (χ0n) is 19.3. The molecule has 1 saturated heterocycles. The van der Waals surface area contributed by atoms with Crippen molar-refractivity contribution >= 4 is 17.7 Å². The van der Waals surface area contributed by atoms with E-state index in [1.807, 2.05) is 30.2 Å². The molecule has 33 heavy (non-hydrogen) atoms. The number of anilines is 2. The van der Waals surface area contributed by atoms with Gasteiger partial charge < -0.3 is 16.0 Å². The Balaban J connectivity index is 1.33. The van der Waals surface area contributed by atoms with Crippen LogP contribution < -0.4 is 11.1 Å². The fraction of sp³-hybridized carbons (Fsp3) is 0.417. The zero-order valence-corrected chi connectivity index (χ0v) is 19.3. The van der Waals surface area contributed by atoms with E-state index in [4.69, 9.17) is 10.7 Å². The quantitative estimate of drug-likeness (QED) is 0.618. The molecule has 3 N–H and O–H groups in total. The summed E-state index contributed by atoms with van der Waals surface area (Å²) in [5.74, 6) is 0.554. The summed E-state index contributed by atoms with van der Waals surface area (Å²) in [6.07, 6.45) is 7.76. The second kappa shape index (κ2) is 8.47. The number of nitrogens with two attached hydrogens (primary N) is 1. The second-order valence-corrected chi connectivity index (χ2v) is 9.20. The van der Waals surface area contributed by atoms with Crippen molar-refractivity contribution in [3.8, 4) is 11.3 Å². The van der Waals surface area contributed by atoms with E-state index < -0.39 is 0 Å². The van der Waals surface area contributed by atoms with Gasteiger partial charge in [0, 0.05) is 49.3 Å². The van der Waals surface area contributed by atoms with Gasteiger partial charge in [-0.2, -0.15) is 5.10 Å². The summed E-state index contributed by atoms with van der Waals surface area (Å²) >= 11 is 0. The van der Waals surface area contributed by atoms with Crippen LogP contribution >= 0.6 is 0 Å². The number of likely N-dealkylation sites (tertiary alicyclic amines) is 1. The number of nitrogens with one attached hydrogen (secondary N) is 1. The molecule has 5 rings (SSSR count). The number of hydrogen-bond donors (Lipinski definition) is 2. The minimum atomic E-state index is -0.331. The van der Waals surface area contributed by atoms with Gasteiger partial charge in [0.1, 0.15) is 0 Å². The molecule has 1 aromatic carbocycles. The van der Waals surface area contributed by atoms with Crippen LogP contribution in [0.25, 0.3) is 11.3 Å². The summed E-state index contributed by atoms with van der Waals surface area (Å²) in [5, 5.41) is 7.80. The Kier molecular flexibility index (Phi) is 5.49. The number of fused-ring (bicyclic) bond motifs is 1. The second-order valence-electron chi connectivity index (χ2n) is 9.20. The lowest BCUT2D eigenvalue weighted by Crippen LogP contribution is -2.47. The first-order valence-corrected chi connectivity index (χ1v) is 11.5. The van der Waals surface area contributed by atoms with Gasteiger partial charge in [-0.1, -0.05) is 6.07 Å².